The number of fused-ring (bicyclic) bond motifs is 11. The molecule has 10 rings (SSSR count). The van der Waals surface area contributed by atoms with E-state index in [0.717, 1.165) is 108 Å². The van der Waals surface area contributed by atoms with Crippen LogP contribution in [0.4, 0.5) is 0 Å². The van der Waals surface area contributed by atoms with Crippen molar-refractivity contribution in [1.82, 2.24) is 0 Å². The van der Waals surface area contributed by atoms with Crippen molar-refractivity contribution < 1.29 is 18.9 Å². The van der Waals surface area contributed by atoms with Gasteiger partial charge in [0.15, 0.2) is 0 Å². The monoisotopic (exact) mass is 872 g/mol. The van der Waals surface area contributed by atoms with Gasteiger partial charge in [0.2, 0.25) is 0 Å². The van der Waals surface area contributed by atoms with Gasteiger partial charge >= 0.3 is 0 Å². The van der Waals surface area contributed by atoms with E-state index in [4.69, 9.17) is 25.5 Å². The lowest BCUT2D eigenvalue weighted by molar-refractivity contribution is 0.0258. The average Bonchev–Trinajstić information content (AvgIpc) is 4.10. The summed E-state index contributed by atoms with van der Waals surface area (Å²) in [5, 5.41) is 28.2. The van der Waals surface area contributed by atoms with Crippen molar-refractivity contribution in [3.63, 3.8) is 0 Å². The summed E-state index contributed by atoms with van der Waals surface area (Å²) >= 11 is 10.3. The van der Waals surface area contributed by atoms with E-state index >= 15 is 0 Å². The topological polar surface area (TPSA) is 113 Å². The lowest BCUT2D eigenvalue weighted by Gasteiger charge is -2.41. The second-order valence-electron chi connectivity index (χ2n) is 14.8. The van der Waals surface area contributed by atoms with E-state index in [9.17, 15) is 15.8 Å². The minimum Gasteiger partial charge on any atom is -0.495 e. The molecule has 6 aromatic rings. The van der Waals surface area contributed by atoms with Gasteiger partial charge in [0.25, 0.3) is 5.70 Å². The van der Waals surface area contributed by atoms with Crippen molar-refractivity contribution in [3.05, 3.63) is 67.8 Å². The molecule has 2 aliphatic carbocycles. The van der Waals surface area contributed by atoms with E-state index in [1.54, 1.807) is 49.0 Å². The van der Waals surface area contributed by atoms with Crippen LogP contribution < -0.4 is 18.9 Å². The van der Waals surface area contributed by atoms with Crippen LogP contribution in [-0.4, -0.2) is 14.2 Å². The number of nitriles is 3. The molecule has 0 saturated heterocycles. The number of hydrogen-bond donors (Lipinski definition) is 0. The zero-order valence-electron chi connectivity index (χ0n) is 31.4. The first-order valence-corrected chi connectivity index (χ1v) is 23.9. The normalized spacial score (nSPS) is 17.0. The summed E-state index contributed by atoms with van der Waals surface area (Å²) < 4.78 is 29.0. The Morgan fingerprint density at radius 2 is 1.09 bits per heavy atom. The fourth-order valence-corrected chi connectivity index (χ4v) is 17.1. The van der Waals surface area contributed by atoms with E-state index < -0.39 is 11.2 Å². The van der Waals surface area contributed by atoms with Gasteiger partial charge in [-0.2, -0.15) is 10.5 Å². The predicted octanol–water partition coefficient (Wildman–Crippen LogP) is 14.2. The number of methoxy groups -OCH3 is 2. The highest BCUT2D eigenvalue weighted by atomic mass is 32.1. The van der Waals surface area contributed by atoms with Gasteiger partial charge in [0.1, 0.15) is 51.9 Å². The Kier molecular flexibility index (Phi) is 9.30. The number of allylic oxidation sites excluding steroid dienone is 2. The maximum Gasteiger partial charge on any atom is 0.263 e. The number of rotatable bonds is 6. The molecule has 8 nitrogen and oxygen atoms in total. The Balaban J connectivity index is 1.15. The Morgan fingerprint density at radius 1 is 0.621 bits per heavy atom. The number of thiophene rings is 6. The molecule has 14 heteroatoms. The Bertz CT molecular complexity index is 2680. The van der Waals surface area contributed by atoms with E-state index in [2.05, 4.69) is 17.0 Å². The molecule has 0 atom stereocenters. The first kappa shape index (κ1) is 37.4. The molecule has 0 aromatic carbocycles. The summed E-state index contributed by atoms with van der Waals surface area (Å²) in [7, 11) is 3.32. The van der Waals surface area contributed by atoms with Crippen LogP contribution in [0.2, 0.25) is 0 Å². The van der Waals surface area contributed by atoms with Crippen LogP contribution in [0.5, 0.6) is 23.0 Å². The molecule has 2 aliphatic heterocycles. The van der Waals surface area contributed by atoms with Crippen molar-refractivity contribution in [2.24, 2.45) is 0 Å². The van der Waals surface area contributed by atoms with Gasteiger partial charge < -0.3 is 18.9 Å². The summed E-state index contributed by atoms with van der Waals surface area (Å²) in [6.45, 7) is 7.37. The maximum absolute atomic E-state index is 9.41. The van der Waals surface area contributed by atoms with Crippen molar-refractivity contribution in [3.8, 4) is 80.2 Å². The lowest BCUT2D eigenvalue weighted by atomic mass is 9.76. The van der Waals surface area contributed by atoms with Crippen LogP contribution in [0, 0.1) is 40.6 Å². The van der Waals surface area contributed by atoms with Gasteiger partial charge in [-0.1, -0.05) is 12.8 Å². The molecule has 0 bridgehead atoms. The van der Waals surface area contributed by atoms with Gasteiger partial charge in [-0.3, -0.25) is 0 Å². The lowest BCUT2D eigenvalue weighted by Crippen LogP contribution is -2.37. The first-order chi connectivity index (χ1) is 28.3. The minimum atomic E-state index is -0.418. The van der Waals surface area contributed by atoms with E-state index in [0.29, 0.717) is 5.75 Å². The molecule has 0 radical (unpaired) electrons. The van der Waals surface area contributed by atoms with Crippen LogP contribution in [-0.2, 0) is 11.2 Å². The SMILES string of the molecule is [C-]#[N+]/C(C#N)=C/c1cc(OC)c(-c2cc3c(s2)-c2sc4c5c(sc4c2C2(CCCCC2)O3)-c2sc(-c3sc(C=C(C#N)C#N)cc3OC)cc2OC52CCCCC2)s1. The minimum absolute atomic E-state index is 0.0423. The Hall–Kier alpha value is -4.90. The molecule has 2 saturated carbocycles. The van der Waals surface area contributed by atoms with Crippen molar-refractivity contribution in [2.75, 3.05) is 14.2 Å². The first-order valence-electron chi connectivity index (χ1n) is 19.0. The summed E-state index contributed by atoms with van der Waals surface area (Å²) in [6, 6.07) is 14.1. The predicted molar refractivity (Wildman–Crippen MR) is 236 cm³/mol. The molecular weight excluding hydrogens is 841 g/mol. The Morgan fingerprint density at radius 3 is 1.50 bits per heavy atom. The maximum atomic E-state index is 9.41. The van der Waals surface area contributed by atoms with E-state index in [-0.39, 0.29) is 11.3 Å². The summed E-state index contributed by atoms with van der Waals surface area (Å²) in [5.74, 6) is 3.28. The largest absolute Gasteiger partial charge is 0.495 e. The number of ether oxygens (including phenoxy) is 4. The number of hydrogen-bond acceptors (Lipinski definition) is 13. The van der Waals surface area contributed by atoms with Crippen LogP contribution in [0.1, 0.15) is 85.1 Å². The molecule has 0 amide bonds. The molecule has 0 N–H and O–H groups in total. The smallest absolute Gasteiger partial charge is 0.263 e. The third-order valence-corrected chi connectivity index (χ3v) is 19.1. The molecule has 2 spiro atoms. The highest BCUT2D eigenvalue weighted by Gasteiger charge is 2.50. The van der Waals surface area contributed by atoms with E-state index in [1.807, 2.05) is 53.0 Å². The second-order valence-corrected chi connectivity index (χ2v) is 21.1. The zero-order valence-corrected chi connectivity index (χ0v) is 36.3. The molecule has 2 fully saturated rings. The van der Waals surface area contributed by atoms with Gasteiger partial charge in [-0.15, -0.1) is 68.0 Å². The molecule has 4 aliphatic rings. The number of nitrogens with zero attached hydrogens (tertiary/aromatic N) is 4. The highest BCUT2D eigenvalue weighted by Crippen LogP contribution is 2.67. The molecule has 58 heavy (non-hydrogen) atoms. The zero-order chi connectivity index (χ0) is 39.8. The van der Waals surface area contributed by atoms with Gasteiger partial charge in [-0.05, 0) is 75.7 Å². The molecule has 6 aromatic heterocycles. The highest BCUT2D eigenvalue weighted by molar-refractivity contribution is 7.35. The van der Waals surface area contributed by atoms with Gasteiger partial charge in [0, 0.05) is 33.0 Å². The summed E-state index contributed by atoms with van der Waals surface area (Å²) in [4.78, 5) is 13.9. The fraction of sp³-hybridized carbons (Fsp3) is 0.318. The fourth-order valence-electron chi connectivity index (χ4n) is 9.02. The average molecular weight is 873 g/mol. The quantitative estimate of drug-likeness (QED) is 0.121. The molecule has 8 heterocycles. The van der Waals surface area contributed by atoms with Crippen molar-refractivity contribution in [2.45, 2.75) is 75.4 Å². The molecule has 0 unspecified atom stereocenters. The second kappa shape index (κ2) is 14.4. The van der Waals surface area contributed by atoms with Crippen LogP contribution in [0.25, 0.3) is 65.4 Å². The van der Waals surface area contributed by atoms with E-state index in [1.165, 1.54) is 65.8 Å². The summed E-state index contributed by atoms with van der Waals surface area (Å²) in [6.07, 6.45) is 13.9. The Labute approximate surface area is 359 Å². The van der Waals surface area contributed by atoms with Crippen molar-refractivity contribution >= 4 is 89.6 Å². The third kappa shape index (κ3) is 5.77. The van der Waals surface area contributed by atoms with Gasteiger partial charge in [-0.25, -0.2) is 10.1 Å². The summed E-state index contributed by atoms with van der Waals surface area (Å²) in [5.41, 5.74) is 1.95. The molecular formula is C44H32N4O4S6. The van der Waals surface area contributed by atoms with Crippen molar-refractivity contribution in [1.29, 1.82) is 15.8 Å². The standard InChI is InChI=1S/C44H32N4O4S6/c1-48-24(22-47)15-26-17-28(50-3)36(54-26)32-19-30-38(56-32)40-34(44(52-30)12-8-5-9-13-44)42-41(58-40)33-39(57-42)37-29(51-43(33)10-6-4-7-11-43)18-31(55-37)35-27(49-2)16-25(53-35)14-23(20-45)21-46/h14-19H,4-13H2,2-3H3/b24-15+. The van der Waals surface area contributed by atoms with Crippen LogP contribution in [0.3, 0.4) is 0 Å². The van der Waals surface area contributed by atoms with Crippen LogP contribution in [0.15, 0.2) is 35.5 Å². The van der Waals surface area contributed by atoms with Gasteiger partial charge in [0.05, 0.1) is 75.3 Å². The molecule has 288 valence electrons. The third-order valence-electron chi connectivity index (χ3n) is 11.5. The van der Waals surface area contributed by atoms with Crippen LogP contribution >= 0.6 is 68.0 Å².